The summed E-state index contributed by atoms with van der Waals surface area (Å²) in [5.74, 6) is -0.224. The van der Waals surface area contributed by atoms with Crippen molar-refractivity contribution in [2.75, 3.05) is 0 Å². The van der Waals surface area contributed by atoms with E-state index in [-0.39, 0.29) is 29.2 Å². The Kier molecular flexibility index (Phi) is 6.42. The van der Waals surface area contributed by atoms with E-state index in [1.54, 1.807) is 29.1 Å². The molecule has 1 N–H and O–H groups in total. The summed E-state index contributed by atoms with van der Waals surface area (Å²) in [6, 6.07) is 11.6. The van der Waals surface area contributed by atoms with Gasteiger partial charge in [-0.25, -0.2) is 9.37 Å². The number of hydrogen-bond donors (Lipinski definition) is 1. The lowest BCUT2D eigenvalue weighted by Gasteiger charge is -2.23. The van der Waals surface area contributed by atoms with Gasteiger partial charge in [-0.2, -0.15) is 0 Å². The van der Waals surface area contributed by atoms with Gasteiger partial charge in [0.2, 0.25) is 5.91 Å². The van der Waals surface area contributed by atoms with Crippen molar-refractivity contribution in [2.24, 2.45) is 5.92 Å². The molecule has 0 saturated heterocycles. The van der Waals surface area contributed by atoms with Crippen LogP contribution in [-0.4, -0.2) is 15.5 Å². The molecule has 5 nitrogen and oxygen atoms in total. The van der Waals surface area contributed by atoms with Gasteiger partial charge in [0.15, 0.2) is 0 Å². The van der Waals surface area contributed by atoms with Crippen molar-refractivity contribution in [2.45, 2.75) is 46.2 Å². The summed E-state index contributed by atoms with van der Waals surface area (Å²) >= 11 is 0. The topological polar surface area (TPSA) is 64.0 Å². The molecule has 152 valence electrons. The number of aryl methyl sites for hydroxylation is 2. The van der Waals surface area contributed by atoms with Crippen molar-refractivity contribution in [1.82, 2.24) is 14.9 Å². The standard InChI is InChI=1S/C23H26FN3O2/c1-15(2)21(17-9-11-18(24)12-10-17)26-20(28)8-5-13-27-14-25-22-16(3)6-4-7-19(22)23(27)29/h4,6-7,9-12,14-15,21H,5,8,13H2,1-3H3,(H,26,28). The number of amides is 1. The molecule has 3 rings (SSSR count). The maximum Gasteiger partial charge on any atom is 0.261 e. The number of para-hydroxylation sites is 1. The van der Waals surface area contributed by atoms with Crippen LogP contribution in [0.5, 0.6) is 0 Å². The lowest BCUT2D eigenvalue weighted by molar-refractivity contribution is -0.122. The number of carbonyl (C=O) groups is 1. The molecule has 0 saturated carbocycles. The summed E-state index contributed by atoms with van der Waals surface area (Å²) in [6.07, 6.45) is 2.37. The van der Waals surface area contributed by atoms with Crippen LogP contribution in [-0.2, 0) is 11.3 Å². The Morgan fingerprint density at radius 3 is 2.59 bits per heavy atom. The Morgan fingerprint density at radius 1 is 1.17 bits per heavy atom. The van der Waals surface area contributed by atoms with E-state index < -0.39 is 0 Å². The summed E-state index contributed by atoms with van der Waals surface area (Å²) in [6.45, 7) is 6.37. The molecule has 3 aromatic rings. The molecule has 0 bridgehead atoms. The molecule has 1 aromatic heterocycles. The molecule has 0 aliphatic carbocycles. The SMILES string of the molecule is Cc1cccc2c(=O)n(CCCC(=O)NC(c3ccc(F)cc3)C(C)C)cnc12. The number of carbonyl (C=O) groups excluding carboxylic acids is 1. The third-order valence-corrected chi connectivity index (χ3v) is 5.07. The van der Waals surface area contributed by atoms with E-state index >= 15 is 0 Å². The Hall–Kier alpha value is -3.02. The second kappa shape index (κ2) is 8.99. The molecular weight excluding hydrogens is 369 g/mol. The molecule has 29 heavy (non-hydrogen) atoms. The minimum atomic E-state index is -0.299. The number of halogens is 1. The van der Waals surface area contributed by atoms with Crippen LogP contribution in [0, 0.1) is 18.7 Å². The van der Waals surface area contributed by atoms with E-state index in [0.717, 1.165) is 11.1 Å². The summed E-state index contributed by atoms with van der Waals surface area (Å²) in [5.41, 5.74) is 2.46. The third kappa shape index (κ3) is 4.88. The van der Waals surface area contributed by atoms with E-state index in [9.17, 15) is 14.0 Å². The Bertz CT molecular complexity index is 1060. The molecule has 0 spiro atoms. The summed E-state index contributed by atoms with van der Waals surface area (Å²) in [7, 11) is 0. The summed E-state index contributed by atoms with van der Waals surface area (Å²) in [5, 5.41) is 3.62. The van der Waals surface area contributed by atoms with Crippen LogP contribution in [0.15, 0.2) is 53.6 Å². The first kappa shape index (κ1) is 20.7. The minimum absolute atomic E-state index is 0.0920. The van der Waals surface area contributed by atoms with Crippen LogP contribution in [0.3, 0.4) is 0 Å². The minimum Gasteiger partial charge on any atom is -0.349 e. The molecule has 1 unspecified atom stereocenters. The zero-order chi connectivity index (χ0) is 21.0. The van der Waals surface area contributed by atoms with Crippen LogP contribution < -0.4 is 10.9 Å². The van der Waals surface area contributed by atoms with E-state index in [0.29, 0.717) is 30.3 Å². The first-order chi connectivity index (χ1) is 13.9. The average Bonchev–Trinajstić information content (AvgIpc) is 2.69. The molecule has 0 aliphatic heterocycles. The largest absolute Gasteiger partial charge is 0.349 e. The maximum atomic E-state index is 13.2. The maximum absolute atomic E-state index is 13.2. The molecule has 1 amide bonds. The van der Waals surface area contributed by atoms with Gasteiger partial charge in [-0.1, -0.05) is 38.1 Å². The van der Waals surface area contributed by atoms with Crippen LogP contribution in [0.4, 0.5) is 4.39 Å². The second-order valence-electron chi connectivity index (χ2n) is 7.66. The van der Waals surface area contributed by atoms with Gasteiger partial charge in [0, 0.05) is 13.0 Å². The lowest BCUT2D eigenvalue weighted by atomic mass is 9.96. The molecule has 1 heterocycles. The normalized spacial score (nSPS) is 12.3. The van der Waals surface area contributed by atoms with Crippen LogP contribution >= 0.6 is 0 Å². The van der Waals surface area contributed by atoms with Crippen LogP contribution in [0.1, 0.15) is 43.9 Å². The molecular formula is C23H26FN3O2. The molecule has 0 aliphatic rings. The highest BCUT2D eigenvalue weighted by molar-refractivity contribution is 5.80. The highest BCUT2D eigenvalue weighted by Crippen LogP contribution is 2.22. The monoisotopic (exact) mass is 395 g/mol. The average molecular weight is 395 g/mol. The van der Waals surface area contributed by atoms with Gasteiger partial charge in [0.25, 0.3) is 5.56 Å². The highest BCUT2D eigenvalue weighted by atomic mass is 19.1. The second-order valence-corrected chi connectivity index (χ2v) is 7.66. The molecule has 1 atom stereocenters. The number of nitrogens with one attached hydrogen (secondary N) is 1. The van der Waals surface area contributed by atoms with E-state index in [1.165, 1.54) is 12.1 Å². The van der Waals surface area contributed by atoms with Gasteiger partial charge >= 0.3 is 0 Å². The van der Waals surface area contributed by atoms with Gasteiger partial charge < -0.3 is 5.32 Å². The van der Waals surface area contributed by atoms with Crippen molar-refractivity contribution < 1.29 is 9.18 Å². The van der Waals surface area contributed by atoms with Gasteiger partial charge in [0.05, 0.1) is 23.3 Å². The third-order valence-electron chi connectivity index (χ3n) is 5.07. The Morgan fingerprint density at radius 2 is 1.90 bits per heavy atom. The summed E-state index contributed by atoms with van der Waals surface area (Å²) in [4.78, 5) is 29.5. The molecule has 0 fully saturated rings. The number of benzene rings is 2. The number of rotatable bonds is 7. The van der Waals surface area contributed by atoms with E-state index in [1.807, 2.05) is 32.9 Å². The highest BCUT2D eigenvalue weighted by Gasteiger charge is 2.18. The number of nitrogens with zero attached hydrogens (tertiary/aromatic N) is 2. The van der Waals surface area contributed by atoms with Crippen LogP contribution in [0.25, 0.3) is 10.9 Å². The van der Waals surface area contributed by atoms with Gasteiger partial charge in [0.1, 0.15) is 5.82 Å². The van der Waals surface area contributed by atoms with Gasteiger partial charge in [-0.05, 0) is 48.6 Å². The van der Waals surface area contributed by atoms with Crippen molar-refractivity contribution in [3.63, 3.8) is 0 Å². The van der Waals surface area contributed by atoms with E-state index in [4.69, 9.17) is 0 Å². The zero-order valence-corrected chi connectivity index (χ0v) is 17.0. The number of aromatic nitrogens is 2. The quantitative estimate of drug-likeness (QED) is 0.654. The first-order valence-corrected chi connectivity index (χ1v) is 9.86. The Labute approximate surface area is 169 Å². The first-order valence-electron chi connectivity index (χ1n) is 9.86. The predicted octanol–water partition coefficient (Wildman–Crippen LogP) is 4.14. The van der Waals surface area contributed by atoms with Crippen LogP contribution in [0.2, 0.25) is 0 Å². The van der Waals surface area contributed by atoms with E-state index in [2.05, 4.69) is 10.3 Å². The van der Waals surface area contributed by atoms with Gasteiger partial charge in [-0.15, -0.1) is 0 Å². The smallest absolute Gasteiger partial charge is 0.261 e. The fourth-order valence-electron chi connectivity index (χ4n) is 3.46. The predicted molar refractivity (Wildman–Crippen MR) is 112 cm³/mol. The Balaban J connectivity index is 1.62. The van der Waals surface area contributed by atoms with Crippen molar-refractivity contribution >= 4 is 16.8 Å². The lowest BCUT2D eigenvalue weighted by Crippen LogP contribution is -2.32. The number of hydrogen-bond acceptors (Lipinski definition) is 3. The summed E-state index contributed by atoms with van der Waals surface area (Å²) < 4.78 is 14.7. The fraction of sp³-hybridized carbons (Fsp3) is 0.348. The number of fused-ring (bicyclic) bond motifs is 1. The molecule has 6 heteroatoms. The molecule has 0 radical (unpaired) electrons. The zero-order valence-electron chi connectivity index (χ0n) is 17.0. The van der Waals surface area contributed by atoms with Crippen molar-refractivity contribution in [3.8, 4) is 0 Å². The molecule has 2 aromatic carbocycles. The van der Waals surface area contributed by atoms with Gasteiger partial charge in [-0.3, -0.25) is 14.2 Å². The van der Waals surface area contributed by atoms with Crippen molar-refractivity contribution in [1.29, 1.82) is 0 Å². The fourth-order valence-corrected chi connectivity index (χ4v) is 3.46. The van der Waals surface area contributed by atoms with Crippen molar-refractivity contribution in [3.05, 3.63) is 76.1 Å².